The van der Waals surface area contributed by atoms with Crippen LogP contribution >= 0.6 is 27.5 Å². The van der Waals surface area contributed by atoms with Crippen LogP contribution in [-0.2, 0) is 12.8 Å². The average Bonchev–Trinajstić information content (AvgIpc) is 2.85. The fourth-order valence-corrected chi connectivity index (χ4v) is 4.62. The number of ether oxygens (including phenoxy) is 1. The Kier molecular flexibility index (Phi) is 3.36. The Balaban J connectivity index is 1.89. The maximum Gasteiger partial charge on any atom is 0.125 e. The molecule has 1 aromatic carbocycles. The topological polar surface area (TPSA) is 9.23 Å². The van der Waals surface area contributed by atoms with Gasteiger partial charge in [0, 0.05) is 16.3 Å². The molecule has 1 fully saturated rings. The molecule has 1 heterocycles. The van der Waals surface area contributed by atoms with E-state index in [1.54, 1.807) is 0 Å². The van der Waals surface area contributed by atoms with Crippen LogP contribution in [0.25, 0.3) is 0 Å². The Bertz CT molecular complexity index is 474. The summed E-state index contributed by atoms with van der Waals surface area (Å²) in [7, 11) is 0. The molecule has 1 aromatic rings. The molecule has 1 nitrogen and oxygen atoms in total. The quantitative estimate of drug-likeness (QED) is 0.710. The van der Waals surface area contributed by atoms with Gasteiger partial charge in [0.1, 0.15) is 5.75 Å². The van der Waals surface area contributed by atoms with Crippen molar-refractivity contribution < 1.29 is 4.74 Å². The summed E-state index contributed by atoms with van der Waals surface area (Å²) in [4.78, 5) is 0.677. The van der Waals surface area contributed by atoms with Crippen molar-refractivity contribution in [3.63, 3.8) is 0 Å². The third-order valence-electron chi connectivity index (χ3n) is 4.22. The summed E-state index contributed by atoms with van der Waals surface area (Å²) in [6, 6.07) is 4.15. The SMILES string of the molecule is CC1(Cc2cc(Cl)cc3c2OCC3)CCC(Br)C1. The van der Waals surface area contributed by atoms with Crippen LogP contribution in [0.3, 0.4) is 0 Å². The molecule has 0 aromatic heterocycles. The Labute approximate surface area is 122 Å². The second kappa shape index (κ2) is 4.72. The zero-order valence-corrected chi connectivity index (χ0v) is 13.0. The van der Waals surface area contributed by atoms with Crippen molar-refractivity contribution in [2.24, 2.45) is 5.41 Å². The van der Waals surface area contributed by atoms with Gasteiger partial charge < -0.3 is 4.74 Å². The van der Waals surface area contributed by atoms with E-state index in [-0.39, 0.29) is 0 Å². The molecule has 3 rings (SSSR count). The third-order valence-corrected chi connectivity index (χ3v) is 5.22. The molecule has 18 heavy (non-hydrogen) atoms. The van der Waals surface area contributed by atoms with Gasteiger partial charge >= 0.3 is 0 Å². The smallest absolute Gasteiger partial charge is 0.125 e. The average molecular weight is 330 g/mol. The molecule has 0 N–H and O–H groups in total. The van der Waals surface area contributed by atoms with E-state index < -0.39 is 0 Å². The molecule has 1 aliphatic carbocycles. The predicted molar refractivity (Wildman–Crippen MR) is 79.0 cm³/mol. The minimum absolute atomic E-state index is 0.387. The van der Waals surface area contributed by atoms with E-state index in [4.69, 9.17) is 16.3 Å². The van der Waals surface area contributed by atoms with Crippen molar-refractivity contribution in [3.8, 4) is 5.75 Å². The van der Waals surface area contributed by atoms with Crippen LogP contribution in [-0.4, -0.2) is 11.4 Å². The normalized spacial score (nSPS) is 30.3. The molecule has 0 radical (unpaired) electrons. The van der Waals surface area contributed by atoms with Crippen molar-refractivity contribution in [2.75, 3.05) is 6.61 Å². The highest BCUT2D eigenvalue weighted by atomic mass is 79.9. The zero-order valence-electron chi connectivity index (χ0n) is 10.6. The summed E-state index contributed by atoms with van der Waals surface area (Å²) in [5, 5.41) is 0.853. The van der Waals surface area contributed by atoms with Gasteiger partial charge in [0.15, 0.2) is 0 Å². The molecule has 1 saturated carbocycles. The van der Waals surface area contributed by atoms with Gasteiger partial charge in [0.25, 0.3) is 0 Å². The van der Waals surface area contributed by atoms with E-state index in [1.807, 2.05) is 0 Å². The zero-order chi connectivity index (χ0) is 12.8. The highest BCUT2D eigenvalue weighted by molar-refractivity contribution is 9.09. The first-order valence-electron chi connectivity index (χ1n) is 6.64. The van der Waals surface area contributed by atoms with Gasteiger partial charge in [-0.15, -0.1) is 0 Å². The molecule has 2 aliphatic rings. The monoisotopic (exact) mass is 328 g/mol. The lowest BCUT2D eigenvalue weighted by Crippen LogP contribution is -2.16. The lowest BCUT2D eigenvalue weighted by Gasteiger charge is -2.25. The molecule has 0 amide bonds. The van der Waals surface area contributed by atoms with Crippen LogP contribution in [0.1, 0.15) is 37.3 Å². The van der Waals surface area contributed by atoms with E-state index in [1.165, 1.54) is 30.4 Å². The second-order valence-corrected chi connectivity index (χ2v) is 7.71. The summed E-state index contributed by atoms with van der Waals surface area (Å²) < 4.78 is 5.80. The summed E-state index contributed by atoms with van der Waals surface area (Å²) in [6.45, 7) is 3.19. The van der Waals surface area contributed by atoms with Crippen molar-refractivity contribution in [1.82, 2.24) is 0 Å². The lowest BCUT2D eigenvalue weighted by atomic mass is 9.81. The van der Waals surface area contributed by atoms with E-state index >= 15 is 0 Å². The van der Waals surface area contributed by atoms with Crippen LogP contribution in [0.15, 0.2) is 12.1 Å². The van der Waals surface area contributed by atoms with Crippen LogP contribution in [0.5, 0.6) is 5.75 Å². The van der Waals surface area contributed by atoms with E-state index in [2.05, 4.69) is 35.0 Å². The number of fused-ring (bicyclic) bond motifs is 1. The van der Waals surface area contributed by atoms with Crippen LogP contribution in [0.2, 0.25) is 5.02 Å². The number of hydrogen-bond acceptors (Lipinski definition) is 1. The van der Waals surface area contributed by atoms with Crippen LogP contribution in [0, 0.1) is 5.41 Å². The van der Waals surface area contributed by atoms with Crippen LogP contribution < -0.4 is 4.74 Å². The first kappa shape index (κ1) is 12.8. The molecule has 3 heteroatoms. The molecule has 0 spiro atoms. The molecular weight excluding hydrogens is 312 g/mol. The molecule has 1 aliphatic heterocycles. The first-order chi connectivity index (χ1) is 8.56. The number of alkyl halides is 1. The minimum Gasteiger partial charge on any atom is -0.493 e. The Morgan fingerprint density at radius 3 is 3.06 bits per heavy atom. The van der Waals surface area contributed by atoms with Gasteiger partial charge in [0.05, 0.1) is 6.61 Å². The van der Waals surface area contributed by atoms with Crippen molar-refractivity contribution in [3.05, 3.63) is 28.3 Å². The Hall–Kier alpha value is -0.210. The molecular formula is C15H18BrClO. The van der Waals surface area contributed by atoms with Gasteiger partial charge in [-0.3, -0.25) is 0 Å². The van der Waals surface area contributed by atoms with Gasteiger partial charge in [0.2, 0.25) is 0 Å². The van der Waals surface area contributed by atoms with Crippen molar-refractivity contribution >= 4 is 27.5 Å². The number of rotatable bonds is 2. The fraction of sp³-hybridized carbons (Fsp3) is 0.600. The summed E-state index contributed by atoms with van der Waals surface area (Å²) in [6.07, 6.45) is 5.89. The largest absolute Gasteiger partial charge is 0.493 e. The van der Waals surface area contributed by atoms with E-state index in [0.717, 1.165) is 30.2 Å². The number of hydrogen-bond donors (Lipinski definition) is 0. The molecule has 2 unspecified atom stereocenters. The highest BCUT2D eigenvalue weighted by Crippen LogP contribution is 2.46. The molecule has 98 valence electrons. The Morgan fingerprint density at radius 1 is 1.50 bits per heavy atom. The first-order valence-corrected chi connectivity index (χ1v) is 7.93. The predicted octanol–water partition coefficient (Wildman–Crippen LogP) is 4.77. The summed E-state index contributed by atoms with van der Waals surface area (Å²) in [5.74, 6) is 1.11. The van der Waals surface area contributed by atoms with Gasteiger partial charge in [-0.25, -0.2) is 0 Å². The number of halogens is 2. The highest BCUT2D eigenvalue weighted by Gasteiger charge is 2.35. The van der Waals surface area contributed by atoms with Gasteiger partial charge in [-0.2, -0.15) is 0 Å². The summed E-state index contributed by atoms with van der Waals surface area (Å²) in [5.41, 5.74) is 2.98. The summed E-state index contributed by atoms with van der Waals surface area (Å²) >= 11 is 9.97. The van der Waals surface area contributed by atoms with E-state index in [9.17, 15) is 0 Å². The fourth-order valence-electron chi connectivity index (χ4n) is 3.34. The van der Waals surface area contributed by atoms with Gasteiger partial charge in [-0.1, -0.05) is 34.5 Å². The van der Waals surface area contributed by atoms with Gasteiger partial charge in [-0.05, 0) is 54.4 Å². The standard InChI is InChI=1S/C15H18BrClO/c1-15(4-2-12(16)9-15)8-11-7-13(17)6-10-3-5-18-14(10)11/h6-7,12H,2-5,8-9H2,1H3. The second-order valence-electron chi connectivity index (χ2n) is 5.98. The van der Waals surface area contributed by atoms with Crippen molar-refractivity contribution in [1.29, 1.82) is 0 Å². The maximum atomic E-state index is 6.22. The van der Waals surface area contributed by atoms with Crippen molar-refractivity contribution in [2.45, 2.75) is 43.9 Å². The number of benzene rings is 1. The lowest BCUT2D eigenvalue weighted by molar-refractivity contribution is 0.318. The molecule has 0 saturated heterocycles. The minimum atomic E-state index is 0.387. The van der Waals surface area contributed by atoms with E-state index in [0.29, 0.717) is 10.2 Å². The third kappa shape index (κ3) is 2.42. The molecule has 0 bridgehead atoms. The Morgan fingerprint density at radius 2 is 2.33 bits per heavy atom. The van der Waals surface area contributed by atoms with Crippen LogP contribution in [0.4, 0.5) is 0 Å². The molecule has 2 atom stereocenters. The maximum absolute atomic E-state index is 6.22.